The van der Waals surface area contributed by atoms with Gasteiger partial charge in [0.2, 0.25) is 5.95 Å². The summed E-state index contributed by atoms with van der Waals surface area (Å²) < 4.78 is 1.79. The summed E-state index contributed by atoms with van der Waals surface area (Å²) in [4.78, 5) is 8.93. The van der Waals surface area contributed by atoms with Gasteiger partial charge in [-0.25, -0.2) is 4.98 Å². The molecule has 0 aliphatic carbocycles. The Kier molecular flexibility index (Phi) is 4.23. The predicted molar refractivity (Wildman–Crippen MR) is 104 cm³/mol. The Morgan fingerprint density at radius 2 is 1.92 bits per heavy atom. The van der Waals surface area contributed by atoms with E-state index in [1.54, 1.807) is 10.7 Å². The molecule has 0 fully saturated rings. The highest BCUT2D eigenvalue weighted by Crippen LogP contribution is 2.31. The first-order chi connectivity index (χ1) is 12.8. The van der Waals surface area contributed by atoms with Gasteiger partial charge in [-0.3, -0.25) is 4.98 Å². The van der Waals surface area contributed by atoms with Crippen LogP contribution in [0.2, 0.25) is 0 Å². The lowest BCUT2D eigenvalue weighted by molar-refractivity contribution is 0.908. The van der Waals surface area contributed by atoms with Gasteiger partial charge in [0.1, 0.15) is 0 Å². The Bertz CT molecular complexity index is 1020. The minimum Gasteiger partial charge on any atom is -0.395 e. The van der Waals surface area contributed by atoms with Crippen molar-refractivity contribution in [1.29, 1.82) is 0 Å². The van der Waals surface area contributed by atoms with E-state index in [1.807, 2.05) is 54.9 Å². The fourth-order valence-electron chi connectivity index (χ4n) is 3.03. The van der Waals surface area contributed by atoms with Crippen LogP contribution >= 0.6 is 0 Å². The largest absolute Gasteiger partial charge is 0.395 e. The minimum atomic E-state index is 0.607. The molecule has 0 bridgehead atoms. The first-order valence-corrected chi connectivity index (χ1v) is 8.62. The van der Waals surface area contributed by atoms with E-state index in [0.717, 1.165) is 34.3 Å². The second kappa shape index (κ2) is 6.84. The third kappa shape index (κ3) is 2.86. The zero-order valence-electron chi connectivity index (χ0n) is 14.6. The van der Waals surface area contributed by atoms with Crippen LogP contribution in [0.1, 0.15) is 18.1 Å². The molecule has 130 valence electrons. The minimum absolute atomic E-state index is 0.607. The zero-order chi connectivity index (χ0) is 17.9. The molecule has 0 saturated carbocycles. The van der Waals surface area contributed by atoms with Gasteiger partial charge in [0.25, 0.3) is 0 Å². The average Bonchev–Trinajstić information content (AvgIpc) is 3.14. The molecular formula is C20H20N6. The monoisotopic (exact) mass is 344 g/mol. The molecule has 0 atom stereocenters. The van der Waals surface area contributed by atoms with Crippen molar-refractivity contribution in [2.75, 3.05) is 11.1 Å². The first kappa shape index (κ1) is 16.1. The van der Waals surface area contributed by atoms with Crippen molar-refractivity contribution in [3.8, 4) is 11.3 Å². The van der Waals surface area contributed by atoms with Crippen molar-refractivity contribution < 1.29 is 0 Å². The Morgan fingerprint density at radius 3 is 2.65 bits per heavy atom. The van der Waals surface area contributed by atoms with E-state index in [1.165, 1.54) is 0 Å². The van der Waals surface area contributed by atoms with Crippen LogP contribution in [-0.2, 0) is 13.0 Å². The van der Waals surface area contributed by atoms with E-state index in [0.29, 0.717) is 18.2 Å². The van der Waals surface area contributed by atoms with Crippen molar-refractivity contribution in [1.82, 2.24) is 19.6 Å². The van der Waals surface area contributed by atoms with Gasteiger partial charge in [-0.15, -0.1) is 0 Å². The van der Waals surface area contributed by atoms with E-state index in [9.17, 15) is 0 Å². The summed E-state index contributed by atoms with van der Waals surface area (Å²) in [6.45, 7) is 2.71. The predicted octanol–water partition coefficient (Wildman–Crippen LogP) is 3.55. The van der Waals surface area contributed by atoms with Crippen LogP contribution in [0.4, 0.5) is 11.6 Å². The van der Waals surface area contributed by atoms with Crippen molar-refractivity contribution in [2.45, 2.75) is 19.9 Å². The molecule has 26 heavy (non-hydrogen) atoms. The number of aromatic nitrogens is 4. The van der Waals surface area contributed by atoms with Gasteiger partial charge in [-0.1, -0.05) is 43.3 Å². The van der Waals surface area contributed by atoms with E-state index in [2.05, 4.69) is 22.3 Å². The summed E-state index contributed by atoms with van der Waals surface area (Å²) in [6, 6.07) is 13.9. The number of rotatable bonds is 5. The molecule has 0 aliphatic heterocycles. The highest BCUT2D eigenvalue weighted by atomic mass is 15.3. The number of nitrogen functional groups attached to an aromatic ring is 1. The topological polar surface area (TPSA) is 81.1 Å². The lowest BCUT2D eigenvalue weighted by Crippen LogP contribution is -2.10. The van der Waals surface area contributed by atoms with Crippen LogP contribution in [0.25, 0.3) is 16.8 Å². The molecule has 3 N–H and O–H groups in total. The van der Waals surface area contributed by atoms with Gasteiger partial charge >= 0.3 is 0 Å². The number of aryl methyl sites for hydroxylation is 1. The third-order valence-corrected chi connectivity index (χ3v) is 4.38. The van der Waals surface area contributed by atoms with Crippen LogP contribution in [0.15, 0.2) is 61.1 Å². The van der Waals surface area contributed by atoms with E-state index in [4.69, 9.17) is 10.7 Å². The molecule has 0 spiro atoms. The molecule has 3 aromatic heterocycles. The molecule has 0 saturated heterocycles. The van der Waals surface area contributed by atoms with Gasteiger partial charge in [0.05, 0.1) is 23.1 Å². The van der Waals surface area contributed by atoms with Crippen LogP contribution in [-0.4, -0.2) is 19.6 Å². The molecule has 6 nitrogen and oxygen atoms in total. The van der Waals surface area contributed by atoms with Crippen LogP contribution in [0, 0.1) is 0 Å². The number of hydrogen-bond donors (Lipinski definition) is 2. The van der Waals surface area contributed by atoms with Crippen molar-refractivity contribution in [3.63, 3.8) is 0 Å². The number of benzene rings is 1. The number of fused-ring (bicyclic) bond motifs is 1. The summed E-state index contributed by atoms with van der Waals surface area (Å²) in [7, 11) is 0. The Morgan fingerprint density at radius 1 is 1.08 bits per heavy atom. The molecular weight excluding hydrogens is 324 g/mol. The molecule has 0 amide bonds. The smallest absolute Gasteiger partial charge is 0.225 e. The molecule has 6 heteroatoms. The maximum Gasteiger partial charge on any atom is 0.225 e. The highest BCUT2D eigenvalue weighted by Gasteiger charge is 2.17. The standard InChI is InChI=1S/C20H20N6/c1-2-15-13-24-26-19(15)17(21)18(16-8-4-3-5-9-16)25-20(26)23-12-14-7-6-10-22-11-14/h3-11,13H,2,12,21H2,1H3,(H,23,25). The summed E-state index contributed by atoms with van der Waals surface area (Å²) in [5.41, 5.74) is 12.0. The number of hydrogen-bond acceptors (Lipinski definition) is 5. The zero-order valence-corrected chi connectivity index (χ0v) is 14.6. The molecule has 0 unspecified atom stereocenters. The number of nitrogens with two attached hydrogens (primary N) is 1. The molecule has 4 aromatic rings. The van der Waals surface area contributed by atoms with Gasteiger partial charge in [0, 0.05) is 24.5 Å². The Labute approximate surface area is 151 Å². The molecule has 1 aromatic carbocycles. The normalized spacial score (nSPS) is 11.0. The van der Waals surface area contributed by atoms with Crippen molar-refractivity contribution >= 4 is 17.2 Å². The highest BCUT2D eigenvalue weighted by molar-refractivity contribution is 5.87. The number of anilines is 2. The summed E-state index contributed by atoms with van der Waals surface area (Å²) in [5, 5.41) is 7.87. The maximum absolute atomic E-state index is 6.49. The third-order valence-electron chi connectivity index (χ3n) is 4.38. The quantitative estimate of drug-likeness (QED) is 0.579. The maximum atomic E-state index is 6.49. The van der Waals surface area contributed by atoms with E-state index >= 15 is 0 Å². The average molecular weight is 344 g/mol. The fourth-order valence-corrected chi connectivity index (χ4v) is 3.03. The van der Waals surface area contributed by atoms with Crippen molar-refractivity contribution in [2.24, 2.45) is 0 Å². The Hall–Kier alpha value is -3.41. The summed E-state index contributed by atoms with van der Waals surface area (Å²) >= 11 is 0. The second-order valence-corrected chi connectivity index (χ2v) is 6.06. The SMILES string of the molecule is CCc1cnn2c(NCc3cccnc3)nc(-c3ccccc3)c(N)c12. The molecule has 0 radical (unpaired) electrons. The Balaban J connectivity index is 1.83. The fraction of sp³-hybridized carbons (Fsp3) is 0.150. The number of nitrogens with one attached hydrogen (secondary N) is 1. The molecule has 4 rings (SSSR count). The van der Waals surface area contributed by atoms with Gasteiger partial charge < -0.3 is 11.1 Å². The van der Waals surface area contributed by atoms with E-state index < -0.39 is 0 Å². The number of nitrogens with zero attached hydrogens (tertiary/aromatic N) is 4. The van der Waals surface area contributed by atoms with Crippen molar-refractivity contribution in [3.05, 3.63) is 72.2 Å². The molecule has 3 heterocycles. The first-order valence-electron chi connectivity index (χ1n) is 8.62. The summed E-state index contributed by atoms with van der Waals surface area (Å²) in [5.74, 6) is 0.664. The van der Waals surface area contributed by atoms with Gasteiger partial charge in [-0.05, 0) is 23.6 Å². The van der Waals surface area contributed by atoms with Crippen LogP contribution < -0.4 is 11.1 Å². The van der Waals surface area contributed by atoms with Gasteiger partial charge in [-0.2, -0.15) is 9.61 Å². The lowest BCUT2D eigenvalue weighted by atomic mass is 10.1. The second-order valence-electron chi connectivity index (χ2n) is 6.06. The number of pyridine rings is 1. The van der Waals surface area contributed by atoms with Crippen LogP contribution in [0.3, 0.4) is 0 Å². The van der Waals surface area contributed by atoms with Crippen LogP contribution in [0.5, 0.6) is 0 Å². The lowest BCUT2D eigenvalue weighted by Gasteiger charge is -2.13. The van der Waals surface area contributed by atoms with E-state index in [-0.39, 0.29) is 0 Å². The van der Waals surface area contributed by atoms with Gasteiger partial charge in [0.15, 0.2) is 0 Å². The molecule has 0 aliphatic rings. The summed E-state index contributed by atoms with van der Waals surface area (Å²) in [6.07, 6.45) is 6.31.